The SMILES string of the molecule is Cn1nccc1CNc1nc(C(F)(F)F)ccc1C(=O)O. The van der Waals surface area contributed by atoms with Gasteiger partial charge >= 0.3 is 12.1 Å². The largest absolute Gasteiger partial charge is 0.478 e. The summed E-state index contributed by atoms with van der Waals surface area (Å²) in [5.74, 6) is -1.69. The number of carboxylic acids is 1. The number of nitrogens with one attached hydrogen (secondary N) is 1. The molecule has 0 atom stereocenters. The molecule has 9 heteroatoms. The lowest BCUT2D eigenvalue weighted by Gasteiger charge is -2.12. The van der Waals surface area contributed by atoms with Crippen LogP contribution in [0.1, 0.15) is 21.7 Å². The zero-order chi connectivity index (χ0) is 15.6. The normalized spacial score (nSPS) is 11.4. The van der Waals surface area contributed by atoms with Gasteiger partial charge in [-0.15, -0.1) is 0 Å². The molecule has 2 aromatic rings. The summed E-state index contributed by atoms with van der Waals surface area (Å²) in [7, 11) is 1.66. The Balaban J connectivity index is 2.31. The fraction of sp³-hybridized carbons (Fsp3) is 0.250. The quantitative estimate of drug-likeness (QED) is 0.904. The molecule has 0 aliphatic heterocycles. The van der Waals surface area contributed by atoms with Crippen LogP contribution in [-0.4, -0.2) is 25.8 Å². The second kappa shape index (κ2) is 5.43. The molecular weight excluding hydrogens is 289 g/mol. The Hall–Kier alpha value is -2.58. The van der Waals surface area contributed by atoms with Crippen LogP contribution in [0.25, 0.3) is 0 Å². The van der Waals surface area contributed by atoms with Crippen molar-refractivity contribution in [3.8, 4) is 0 Å². The molecule has 0 spiro atoms. The van der Waals surface area contributed by atoms with Gasteiger partial charge in [-0.25, -0.2) is 9.78 Å². The Kier molecular flexibility index (Phi) is 3.83. The Morgan fingerprint density at radius 3 is 2.62 bits per heavy atom. The van der Waals surface area contributed by atoms with E-state index in [-0.39, 0.29) is 17.9 Å². The molecular formula is C12H11F3N4O2. The van der Waals surface area contributed by atoms with E-state index >= 15 is 0 Å². The van der Waals surface area contributed by atoms with Crippen molar-refractivity contribution in [1.29, 1.82) is 0 Å². The second-order valence-corrected chi connectivity index (χ2v) is 4.20. The number of pyridine rings is 1. The Bertz CT molecular complexity index is 667. The summed E-state index contributed by atoms with van der Waals surface area (Å²) < 4.78 is 39.4. The molecule has 2 heterocycles. The lowest BCUT2D eigenvalue weighted by molar-refractivity contribution is -0.141. The summed E-state index contributed by atoms with van der Waals surface area (Å²) >= 11 is 0. The number of aryl methyl sites for hydroxylation is 1. The summed E-state index contributed by atoms with van der Waals surface area (Å²) in [6.07, 6.45) is -3.12. The Labute approximate surface area is 117 Å². The highest BCUT2D eigenvalue weighted by Crippen LogP contribution is 2.29. The number of nitrogens with zero attached hydrogens (tertiary/aromatic N) is 3. The maximum atomic E-state index is 12.6. The van der Waals surface area contributed by atoms with Gasteiger partial charge in [-0.2, -0.15) is 18.3 Å². The zero-order valence-corrected chi connectivity index (χ0v) is 10.8. The monoisotopic (exact) mass is 300 g/mol. The standard InChI is InChI=1S/C12H11F3N4O2/c1-19-7(4-5-17-19)6-16-10-8(11(20)21)2-3-9(18-10)12(13,14)15/h2-5H,6H2,1H3,(H,16,18)(H,20,21). The van der Waals surface area contributed by atoms with Crippen molar-refractivity contribution < 1.29 is 23.1 Å². The third kappa shape index (κ3) is 3.30. The van der Waals surface area contributed by atoms with E-state index in [2.05, 4.69) is 15.4 Å². The molecule has 0 aliphatic rings. The fourth-order valence-electron chi connectivity index (χ4n) is 1.67. The number of hydrogen-bond donors (Lipinski definition) is 2. The van der Waals surface area contributed by atoms with Gasteiger partial charge in [0.25, 0.3) is 0 Å². The first kappa shape index (κ1) is 14.8. The van der Waals surface area contributed by atoms with E-state index in [1.807, 2.05) is 0 Å². The summed E-state index contributed by atoms with van der Waals surface area (Å²) in [4.78, 5) is 14.4. The molecule has 6 nitrogen and oxygen atoms in total. The first-order valence-corrected chi connectivity index (χ1v) is 5.81. The maximum Gasteiger partial charge on any atom is 0.433 e. The van der Waals surface area contributed by atoms with Crippen LogP contribution in [0, 0.1) is 0 Å². The van der Waals surface area contributed by atoms with Crippen LogP contribution in [0.5, 0.6) is 0 Å². The summed E-state index contributed by atoms with van der Waals surface area (Å²) in [6.45, 7) is 0.102. The molecule has 0 radical (unpaired) electrons. The Morgan fingerprint density at radius 2 is 2.10 bits per heavy atom. The van der Waals surface area contributed by atoms with Crippen molar-refractivity contribution in [3.05, 3.63) is 41.3 Å². The molecule has 0 aliphatic carbocycles. The van der Waals surface area contributed by atoms with Gasteiger partial charge in [0.2, 0.25) is 0 Å². The van der Waals surface area contributed by atoms with E-state index in [4.69, 9.17) is 5.11 Å². The third-order valence-electron chi connectivity index (χ3n) is 2.78. The van der Waals surface area contributed by atoms with Gasteiger partial charge in [0.05, 0.1) is 12.2 Å². The minimum atomic E-state index is -4.64. The van der Waals surface area contributed by atoms with Crippen LogP contribution >= 0.6 is 0 Å². The summed E-state index contributed by atoms with van der Waals surface area (Å²) in [5, 5.41) is 15.5. The first-order valence-electron chi connectivity index (χ1n) is 5.81. The minimum absolute atomic E-state index is 0.102. The lowest BCUT2D eigenvalue weighted by atomic mass is 10.2. The number of anilines is 1. The minimum Gasteiger partial charge on any atom is -0.478 e. The van der Waals surface area contributed by atoms with E-state index in [1.165, 1.54) is 10.9 Å². The highest BCUT2D eigenvalue weighted by atomic mass is 19.4. The summed E-state index contributed by atoms with van der Waals surface area (Å²) in [6, 6.07) is 3.17. The highest BCUT2D eigenvalue weighted by molar-refractivity contribution is 5.93. The van der Waals surface area contributed by atoms with Crippen molar-refractivity contribution in [3.63, 3.8) is 0 Å². The van der Waals surface area contributed by atoms with Crippen molar-refractivity contribution in [1.82, 2.24) is 14.8 Å². The van der Waals surface area contributed by atoms with Gasteiger partial charge in [0, 0.05) is 13.2 Å². The molecule has 2 aromatic heterocycles. The predicted molar refractivity (Wildman–Crippen MR) is 66.7 cm³/mol. The zero-order valence-electron chi connectivity index (χ0n) is 10.8. The van der Waals surface area contributed by atoms with Crippen LogP contribution < -0.4 is 5.32 Å². The van der Waals surface area contributed by atoms with E-state index in [0.29, 0.717) is 11.8 Å². The molecule has 0 saturated heterocycles. The maximum absolute atomic E-state index is 12.6. The van der Waals surface area contributed by atoms with E-state index in [1.54, 1.807) is 13.1 Å². The number of hydrogen-bond acceptors (Lipinski definition) is 4. The van der Waals surface area contributed by atoms with Gasteiger partial charge in [-0.3, -0.25) is 4.68 Å². The van der Waals surface area contributed by atoms with E-state index in [9.17, 15) is 18.0 Å². The van der Waals surface area contributed by atoms with Gasteiger partial charge in [-0.05, 0) is 18.2 Å². The second-order valence-electron chi connectivity index (χ2n) is 4.20. The number of aromatic nitrogens is 3. The van der Waals surface area contributed by atoms with Gasteiger partial charge in [0.1, 0.15) is 17.1 Å². The Morgan fingerprint density at radius 1 is 1.38 bits per heavy atom. The van der Waals surface area contributed by atoms with Crippen LogP contribution in [0.2, 0.25) is 0 Å². The van der Waals surface area contributed by atoms with Crippen molar-refractivity contribution in [2.75, 3.05) is 5.32 Å². The van der Waals surface area contributed by atoms with E-state index < -0.39 is 17.8 Å². The topological polar surface area (TPSA) is 80.0 Å². The van der Waals surface area contributed by atoms with Gasteiger partial charge in [-0.1, -0.05) is 0 Å². The number of aromatic carboxylic acids is 1. The highest BCUT2D eigenvalue weighted by Gasteiger charge is 2.33. The molecule has 112 valence electrons. The number of alkyl halides is 3. The van der Waals surface area contributed by atoms with E-state index in [0.717, 1.165) is 6.07 Å². The molecule has 0 aromatic carbocycles. The molecule has 0 saturated carbocycles. The van der Waals surface area contributed by atoms with Gasteiger partial charge < -0.3 is 10.4 Å². The molecule has 21 heavy (non-hydrogen) atoms. The van der Waals surface area contributed by atoms with Crippen LogP contribution in [0.4, 0.5) is 19.0 Å². The number of halogens is 3. The van der Waals surface area contributed by atoms with Gasteiger partial charge in [0.15, 0.2) is 0 Å². The predicted octanol–water partition coefficient (Wildman–Crippen LogP) is 2.14. The summed E-state index contributed by atoms with van der Waals surface area (Å²) in [5.41, 5.74) is -0.810. The molecule has 0 unspecified atom stereocenters. The van der Waals surface area contributed by atoms with Crippen LogP contribution in [0.3, 0.4) is 0 Å². The van der Waals surface area contributed by atoms with Crippen molar-refractivity contribution in [2.24, 2.45) is 7.05 Å². The molecule has 0 bridgehead atoms. The average molecular weight is 300 g/mol. The molecule has 2 rings (SSSR count). The molecule has 2 N–H and O–H groups in total. The van der Waals surface area contributed by atoms with Crippen molar-refractivity contribution >= 4 is 11.8 Å². The van der Waals surface area contributed by atoms with Crippen molar-refractivity contribution in [2.45, 2.75) is 12.7 Å². The lowest BCUT2D eigenvalue weighted by Crippen LogP contribution is -2.15. The smallest absolute Gasteiger partial charge is 0.433 e. The number of carboxylic acid groups (broad SMARTS) is 1. The first-order chi connectivity index (χ1) is 9.79. The number of rotatable bonds is 4. The van der Waals surface area contributed by atoms with Crippen LogP contribution in [0.15, 0.2) is 24.4 Å². The average Bonchev–Trinajstić information content (AvgIpc) is 2.80. The van der Waals surface area contributed by atoms with Crippen LogP contribution in [-0.2, 0) is 19.8 Å². The number of carbonyl (C=O) groups is 1. The molecule has 0 fully saturated rings. The third-order valence-corrected chi connectivity index (χ3v) is 2.78. The fourth-order valence-corrected chi connectivity index (χ4v) is 1.67. The molecule has 0 amide bonds.